The van der Waals surface area contributed by atoms with Crippen LogP contribution in [0.4, 0.5) is 5.69 Å². The predicted octanol–water partition coefficient (Wildman–Crippen LogP) is 1.76. The van der Waals surface area contributed by atoms with E-state index >= 15 is 0 Å². The highest BCUT2D eigenvalue weighted by molar-refractivity contribution is 5.41. The highest BCUT2D eigenvalue weighted by atomic mass is 16.5. The Kier molecular flexibility index (Phi) is 5.30. The number of anilines is 1. The van der Waals surface area contributed by atoms with E-state index in [1.54, 1.807) is 0 Å². The third-order valence-corrected chi connectivity index (χ3v) is 3.08. The van der Waals surface area contributed by atoms with Gasteiger partial charge in [0.05, 0.1) is 13.2 Å². The number of nitrogens with zero attached hydrogens (tertiary/aromatic N) is 1. The van der Waals surface area contributed by atoms with Crippen molar-refractivity contribution in [2.75, 3.05) is 45.2 Å². The standard InChI is InChI=1S/C14H22N2O2/c15-13-3-5-14(6-4-13)18-11-2-8-16-7-1-10-17-12-9-16/h3-6H,1-2,7-12,15H2. The van der Waals surface area contributed by atoms with Gasteiger partial charge in [0.2, 0.25) is 0 Å². The zero-order valence-corrected chi connectivity index (χ0v) is 10.8. The summed E-state index contributed by atoms with van der Waals surface area (Å²) in [6.07, 6.45) is 2.18. The van der Waals surface area contributed by atoms with Crippen LogP contribution in [0.2, 0.25) is 0 Å². The van der Waals surface area contributed by atoms with Crippen LogP contribution in [0, 0.1) is 0 Å². The van der Waals surface area contributed by atoms with E-state index in [0.29, 0.717) is 0 Å². The molecule has 0 aromatic heterocycles. The Hall–Kier alpha value is -1.26. The normalized spacial score (nSPS) is 17.3. The van der Waals surface area contributed by atoms with Gasteiger partial charge in [-0.3, -0.25) is 0 Å². The molecule has 0 bridgehead atoms. The summed E-state index contributed by atoms with van der Waals surface area (Å²) in [5.74, 6) is 0.892. The van der Waals surface area contributed by atoms with Crippen LogP contribution in [0.15, 0.2) is 24.3 Å². The number of rotatable bonds is 5. The van der Waals surface area contributed by atoms with Gasteiger partial charge in [-0.05, 0) is 37.1 Å². The Balaban J connectivity index is 1.61. The summed E-state index contributed by atoms with van der Waals surface area (Å²) in [5.41, 5.74) is 6.39. The van der Waals surface area contributed by atoms with Gasteiger partial charge >= 0.3 is 0 Å². The molecule has 1 heterocycles. The van der Waals surface area contributed by atoms with Gasteiger partial charge in [-0.1, -0.05) is 0 Å². The molecule has 0 radical (unpaired) electrons. The molecule has 1 aromatic rings. The van der Waals surface area contributed by atoms with Gasteiger partial charge in [0.1, 0.15) is 5.75 Å². The predicted molar refractivity (Wildman–Crippen MR) is 72.8 cm³/mol. The highest BCUT2D eigenvalue weighted by Gasteiger charge is 2.08. The van der Waals surface area contributed by atoms with Crippen molar-refractivity contribution < 1.29 is 9.47 Å². The first-order valence-electron chi connectivity index (χ1n) is 6.63. The lowest BCUT2D eigenvalue weighted by atomic mass is 10.3. The van der Waals surface area contributed by atoms with E-state index in [1.807, 2.05) is 24.3 Å². The molecule has 0 spiro atoms. The maximum atomic E-state index is 5.67. The Bertz CT molecular complexity index is 332. The van der Waals surface area contributed by atoms with Crippen LogP contribution < -0.4 is 10.5 Å². The highest BCUT2D eigenvalue weighted by Crippen LogP contribution is 2.13. The molecule has 0 atom stereocenters. The van der Waals surface area contributed by atoms with E-state index < -0.39 is 0 Å². The second-order valence-corrected chi connectivity index (χ2v) is 4.58. The molecule has 0 aliphatic carbocycles. The first-order chi connectivity index (χ1) is 8.84. The van der Waals surface area contributed by atoms with E-state index in [1.165, 1.54) is 0 Å². The molecule has 0 amide bonds. The monoisotopic (exact) mass is 250 g/mol. The lowest BCUT2D eigenvalue weighted by Gasteiger charge is -2.18. The molecular formula is C14H22N2O2. The lowest BCUT2D eigenvalue weighted by molar-refractivity contribution is 0.140. The van der Waals surface area contributed by atoms with Crippen molar-refractivity contribution in [3.8, 4) is 5.75 Å². The van der Waals surface area contributed by atoms with Crippen molar-refractivity contribution >= 4 is 5.69 Å². The molecular weight excluding hydrogens is 228 g/mol. The molecule has 1 aliphatic heterocycles. The second kappa shape index (κ2) is 7.24. The number of hydrogen-bond donors (Lipinski definition) is 1. The summed E-state index contributed by atoms with van der Waals surface area (Å²) in [5, 5.41) is 0. The molecule has 0 unspecified atom stereocenters. The van der Waals surface area contributed by atoms with Gasteiger partial charge in [-0.15, -0.1) is 0 Å². The number of ether oxygens (including phenoxy) is 2. The molecule has 4 heteroatoms. The fraction of sp³-hybridized carbons (Fsp3) is 0.571. The number of benzene rings is 1. The van der Waals surface area contributed by atoms with Crippen LogP contribution in [0.25, 0.3) is 0 Å². The van der Waals surface area contributed by atoms with Gasteiger partial charge < -0.3 is 20.1 Å². The first-order valence-corrected chi connectivity index (χ1v) is 6.63. The van der Waals surface area contributed by atoms with Gasteiger partial charge in [-0.25, -0.2) is 0 Å². The largest absolute Gasteiger partial charge is 0.494 e. The lowest BCUT2D eigenvalue weighted by Crippen LogP contribution is -2.28. The Morgan fingerprint density at radius 3 is 2.83 bits per heavy atom. The van der Waals surface area contributed by atoms with Crippen molar-refractivity contribution in [1.29, 1.82) is 0 Å². The molecule has 4 nitrogen and oxygen atoms in total. The zero-order chi connectivity index (χ0) is 12.6. The molecule has 1 fully saturated rings. The number of nitrogens with two attached hydrogens (primary N) is 1. The van der Waals surface area contributed by atoms with Crippen LogP contribution in [0.3, 0.4) is 0 Å². The Morgan fingerprint density at radius 1 is 1.17 bits per heavy atom. The minimum absolute atomic E-state index is 0.751. The van der Waals surface area contributed by atoms with Crippen molar-refractivity contribution in [2.24, 2.45) is 0 Å². The average molecular weight is 250 g/mol. The summed E-state index contributed by atoms with van der Waals surface area (Å²) in [4.78, 5) is 2.44. The van der Waals surface area contributed by atoms with Crippen LogP contribution in [-0.4, -0.2) is 44.4 Å². The SMILES string of the molecule is Nc1ccc(OCCCN2CCCOCC2)cc1. The molecule has 18 heavy (non-hydrogen) atoms. The van der Waals surface area contributed by atoms with Crippen molar-refractivity contribution in [3.05, 3.63) is 24.3 Å². The van der Waals surface area contributed by atoms with Gasteiger partial charge in [0.25, 0.3) is 0 Å². The Morgan fingerprint density at radius 2 is 2.00 bits per heavy atom. The van der Waals surface area contributed by atoms with E-state index in [0.717, 1.165) is 63.7 Å². The third kappa shape index (κ3) is 4.55. The maximum Gasteiger partial charge on any atom is 0.119 e. The summed E-state index contributed by atoms with van der Waals surface area (Å²) in [7, 11) is 0. The quantitative estimate of drug-likeness (QED) is 0.639. The van der Waals surface area contributed by atoms with Crippen LogP contribution in [0.5, 0.6) is 5.75 Å². The summed E-state index contributed by atoms with van der Waals surface area (Å²) < 4.78 is 11.1. The Labute approximate surface area is 109 Å². The average Bonchev–Trinajstić information content (AvgIpc) is 2.65. The van der Waals surface area contributed by atoms with Crippen molar-refractivity contribution in [2.45, 2.75) is 12.8 Å². The fourth-order valence-electron chi connectivity index (χ4n) is 2.06. The summed E-state index contributed by atoms with van der Waals surface area (Å²) in [6.45, 7) is 5.78. The van der Waals surface area contributed by atoms with Gasteiger partial charge in [0.15, 0.2) is 0 Å². The third-order valence-electron chi connectivity index (χ3n) is 3.08. The molecule has 100 valence electrons. The number of nitrogen functional groups attached to an aromatic ring is 1. The molecule has 1 saturated heterocycles. The van der Waals surface area contributed by atoms with Crippen LogP contribution >= 0.6 is 0 Å². The van der Waals surface area contributed by atoms with E-state index in [4.69, 9.17) is 15.2 Å². The van der Waals surface area contributed by atoms with Crippen LogP contribution in [0.1, 0.15) is 12.8 Å². The van der Waals surface area contributed by atoms with Gasteiger partial charge in [-0.2, -0.15) is 0 Å². The van der Waals surface area contributed by atoms with Crippen LogP contribution in [-0.2, 0) is 4.74 Å². The van der Waals surface area contributed by atoms with Crippen molar-refractivity contribution in [1.82, 2.24) is 4.90 Å². The van der Waals surface area contributed by atoms with Gasteiger partial charge in [0, 0.05) is 31.9 Å². The summed E-state index contributed by atoms with van der Waals surface area (Å²) >= 11 is 0. The van der Waals surface area contributed by atoms with Crippen molar-refractivity contribution in [3.63, 3.8) is 0 Å². The molecule has 1 aromatic carbocycles. The van der Waals surface area contributed by atoms with E-state index in [2.05, 4.69) is 4.90 Å². The maximum absolute atomic E-state index is 5.67. The molecule has 2 N–H and O–H groups in total. The van der Waals surface area contributed by atoms with E-state index in [-0.39, 0.29) is 0 Å². The zero-order valence-electron chi connectivity index (χ0n) is 10.8. The number of hydrogen-bond acceptors (Lipinski definition) is 4. The topological polar surface area (TPSA) is 47.7 Å². The van der Waals surface area contributed by atoms with E-state index in [9.17, 15) is 0 Å². The summed E-state index contributed by atoms with van der Waals surface area (Å²) in [6, 6.07) is 7.55. The molecule has 0 saturated carbocycles. The molecule has 1 aliphatic rings. The smallest absolute Gasteiger partial charge is 0.119 e. The fourth-order valence-corrected chi connectivity index (χ4v) is 2.06. The minimum atomic E-state index is 0.751. The second-order valence-electron chi connectivity index (χ2n) is 4.58. The molecule has 2 rings (SSSR count). The first kappa shape index (κ1) is 13.2. The minimum Gasteiger partial charge on any atom is -0.494 e.